The van der Waals surface area contributed by atoms with Gasteiger partial charge in [-0.3, -0.25) is 9.78 Å². The van der Waals surface area contributed by atoms with Crippen LogP contribution in [-0.2, 0) is 4.74 Å². The molecule has 5 heteroatoms. The van der Waals surface area contributed by atoms with Crippen molar-refractivity contribution in [2.24, 2.45) is 5.73 Å². The Morgan fingerprint density at radius 2 is 2.15 bits per heavy atom. The molecule has 2 atom stereocenters. The Hall–Kier alpha value is -1.90. The van der Waals surface area contributed by atoms with Crippen molar-refractivity contribution in [2.45, 2.75) is 26.1 Å². The summed E-state index contributed by atoms with van der Waals surface area (Å²) in [5, 5.41) is 0. The fourth-order valence-electron chi connectivity index (χ4n) is 2.30. The second-order valence-electron chi connectivity index (χ2n) is 4.94. The number of carbonyl (C=O) groups excluding carboxylic acids is 1. The van der Waals surface area contributed by atoms with Gasteiger partial charge in [0.25, 0.3) is 5.91 Å². The standard InChI is InChI=1S/C15H19N3O2/c1-11-9-18(10-12(2)20-11)15(19)14-6-13(4-3-5-16)7-17-8-14/h6-8,11-12H,5,9-10,16H2,1-2H3/t11-,12+. The van der Waals surface area contributed by atoms with Crippen LogP contribution in [0.15, 0.2) is 18.5 Å². The maximum Gasteiger partial charge on any atom is 0.255 e. The molecule has 1 aromatic heterocycles. The van der Waals surface area contributed by atoms with Crippen LogP contribution in [0.25, 0.3) is 0 Å². The van der Waals surface area contributed by atoms with E-state index >= 15 is 0 Å². The fraction of sp³-hybridized carbons (Fsp3) is 0.467. The maximum absolute atomic E-state index is 12.5. The van der Waals surface area contributed by atoms with Crippen molar-refractivity contribution < 1.29 is 9.53 Å². The molecule has 0 aromatic carbocycles. The normalized spacial score (nSPS) is 22.1. The molecule has 0 radical (unpaired) electrons. The highest BCUT2D eigenvalue weighted by molar-refractivity contribution is 5.94. The predicted molar refractivity (Wildman–Crippen MR) is 76.1 cm³/mol. The number of rotatable bonds is 1. The summed E-state index contributed by atoms with van der Waals surface area (Å²) in [6.45, 7) is 5.43. The second-order valence-corrected chi connectivity index (χ2v) is 4.94. The van der Waals surface area contributed by atoms with Crippen LogP contribution in [0.4, 0.5) is 0 Å². The number of ether oxygens (including phenoxy) is 1. The Morgan fingerprint density at radius 3 is 2.80 bits per heavy atom. The van der Waals surface area contributed by atoms with E-state index in [9.17, 15) is 4.79 Å². The first kappa shape index (κ1) is 14.5. The minimum Gasteiger partial charge on any atom is -0.372 e. The van der Waals surface area contributed by atoms with Gasteiger partial charge in [-0.05, 0) is 19.9 Å². The van der Waals surface area contributed by atoms with E-state index in [-0.39, 0.29) is 24.7 Å². The topological polar surface area (TPSA) is 68.5 Å². The monoisotopic (exact) mass is 273 g/mol. The molecule has 0 spiro atoms. The lowest BCUT2D eigenvalue weighted by Gasteiger charge is -2.35. The van der Waals surface area contributed by atoms with Crippen LogP contribution >= 0.6 is 0 Å². The van der Waals surface area contributed by atoms with Gasteiger partial charge in [-0.15, -0.1) is 0 Å². The van der Waals surface area contributed by atoms with Crippen LogP contribution in [0.3, 0.4) is 0 Å². The van der Waals surface area contributed by atoms with E-state index in [0.29, 0.717) is 24.2 Å². The highest BCUT2D eigenvalue weighted by Gasteiger charge is 2.26. The summed E-state index contributed by atoms with van der Waals surface area (Å²) in [6.07, 6.45) is 3.30. The van der Waals surface area contributed by atoms with E-state index in [0.717, 1.165) is 0 Å². The molecule has 1 aromatic rings. The van der Waals surface area contributed by atoms with E-state index in [4.69, 9.17) is 10.5 Å². The van der Waals surface area contributed by atoms with Crippen molar-refractivity contribution in [3.05, 3.63) is 29.6 Å². The summed E-state index contributed by atoms with van der Waals surface area (Å²) in [4.78, 5) is 18.3. The first-order valence-corrected chi connectivity index (χ1v) is 6.69. The highest BCUT2D eigenvalue weighted by atomic mass is 16.5. The molecule has 0 bridgehead atoms. The lowest BCUT2D eigenvalue weighted by molar-refractivity contribution is -0.0586. The zero-order valence-electron chi connectivity index (χ0n) is 11.8. The summed E-state index contributed by atoms with van der Waals surface area (Å²) in [7, 11) is 0. The molecule has 1 fully saturated rings. The number of hydrogen-bond acceptors (Lipinski definition) is 4. The number of aromatic nitrogens is 1. The van der Waals surface area contributed by atoms with Crippen molar-refractivity contribution in [3.63, 3.8) is 0 Å². The molecule has 5 nitrogen and oxygen atoms in total. The summed E-state index contributed by atoms with van der Waals surface area (Å²) in [6, 6.07) is 1.75. The van der Waals surface area contributed by atoms with Gasteiger partial charge in [0.15, 0.2) is 0 Å². The quantitative estimate of drug-likeness (QED) is 0.763. The Labute approximate surface area is 119 Å². The molecule has 2 heterocycles. The highest BCUT2D eigenvalue weighted by Crippen LogP contribution is 2.14. The van der Waals surface area contributed by atoms with Gasteiger partial charge in [-0.25, -0.2) is 0 Å². The van der Waals surface area contributed by atoms with Gasteiger partial charge in [-0.1, -0.05) is 11.8 Å². The van der Waals surface area contributed by atoms with Gasteiger partial charge in [0, 0.05) is 31.0 Å². The minimum atomic E-state index is -0.0316. The fourth-order valence-corrected chi connectivity index (χ4v) is 2.30. The van der Waals surface area contributed by atoms with Crippen LogP contribution in [0.2, 0.25) is 0 Å². The van der Waals surface area contributed by atoms with Gasteiger partial charge < -0.3 is 15.4 Å². The molecule has 0 unspecified atom stereocenters. The Morgan fingerprint density at radius 1 is 1.45 bits per heavy atom. The molecule has 0 aliphatic carbocycles. The van der Waals surface area contributed by atoms with Gasteiger partial charge in [0.2, 0.25) is 0 Å². The van der Waals surface area contributed by atoms with Gasteiger partial charge in [0.1, 0.15) is 0 Å². The van der Waals surface area contributed by atoms with Gasteiger partial charge in [0.05, 0.1) is 24.3 Å². The molecule has 20 heavy (non-hydrogen) atoms. The Kier molecular flexibility index (Phi) is 4.72. The van der Waals surface area contributed by atoms with E-state index in [2.05, 4.69) is 16.8 Å². The van der Waals surface area contributed by atoms with Gasteiger partial charge in [-0.2, -0.15) is 0 Å². The number of carbonyl (C=O) groups is 1. The molecule has 1 saturated heterocycles. The molecular weight excluding hydrogens is 254 g/mol. The van der Waals surface area contributed by atoms with Crippen LogP contribution in [-0.4, -0.2) is 47.6 Å². The van der Waals surface area contributed by atoms with Crippen molar-refractivity contribution in [3.8, 4) is 11.8 Å². The summed E-state index contributed by atoms with van der Waals surface area (Å²) in [5.41, 5.74) is 6.59. The van der Waals surface area contributed by atoms with Crippen LogP contribution in [0, 0.1) is 11.8 Å². The largest absolute Gasteiger partial charge is 0.372 e. The minimum absolute atomic E-state index is 0.0316. The Balaban J connectivity index is 2.16. The number of morpholine rings is 1. The molecular formula is C15H19N3O2. The summed E-state index contributed by atoms with van der Waals surface area (Å²) < 4.78 is 5.63. The van der Waals surface area contributed by atoms with Crippen molar-refractivity contribution in [1.29, 1.82) is 0 Å². The zero-order chi connectivity index (χ0) is 14.5. The van der Waals surface area contributed by atoms with Crippen LogP contribution in [0.1, 0.15) is 29.8 Å². The first-order chi connectivity index (χ1) is 9.60. The third-order valence-electron chi connectivity index (χ3n) is 3.03. The molecule has 106 valence electrons. The number of nitrogens with zero attached hydrogens (tertiary/aromatic N) is 2. The average Bonchev–Trinajstić information content (AvgIpc) is 2.43. The molecule has 2 N–H and O–H groups in total. The lowest BCUT2D eigenvalue weighted by Crippen LogP contribution is -2.48. The third kappa shape index (κ3) is 3.56. The molecule has 1 amide bonds. The van der Waals surface area contributed by atoms with E-state index in [1.54, 1.807) is 23.4 Å². The smallest absolute Gasteiger partial charge is 0.255 e. The molecule has 1 aliphatic heterocycles. The molecule has 1 aliphatic rings. The second kappa shape index (κ2) is 6.51. The van der Waals surface area contributed by atoms with E-state index < -0.39 is 0 Å². The zero-order valence-corrected chi connectivity index (χ0v) is 11.8. The Bertz CT molecular complexity index is 538. The van der Waals surface area contributed by atoms with Crippen LogP contribution in [0.5, 0.6) is 0 Å². The lowest BCUT2D eigenvalue weighted by atomic mass is 10.1. The maximum atomic E-state index is 12.5. The van der Waals surface area contributed by atoms with Crippen LogP contribution < -0.4 is 5.73 Å². The van der Waals surface area contributed by atoms with Crippen molar-refractivity contribution in [1.82, 2.24) is 9.88 Å². The summed E-state index contributed by atoms with van der Waals surface area (Å²) >= 11 is 0. The van der Waals surface area contributed by atoms with Gasteiger partial charge >= 0.3 is 0 Å². The number of pyridine rings is 1. The number of nitrogens with two attached hydrogens (primary N) is 1. The van der Waals surface area contributed by atoms with Crippen molar-refractivity contribution >= 4 is 5.91 Å². The molecule has 2 rings (SSSR count). The third-order valence-corrected chi connectivity index (χ3v) is 3.03. The average molecular weight is 273 g/mol. The molecule has 0 saturated carbocycles. The first-order valence-electron chi connectivity index (χ1n) is 6.69. The van der Waals surface area contributed by atoms with Crippen molar-refractivity contribution in [2.75, 3.05) is 19.6 Å². The SMILES string of the molecule is C[C@@H]1CN(C(=O)c2cncc(C#CCN)c2)C[C@H](C)O1. The summed E-state index contributed by atoms with van der Waals surface area (Å²) in [5.74, 6) is 5.61. The number of amides is 1. The number of hydrogen-bond donors (Lipinski definition) is 1. The van der Waals surface area contributed by atoms with E-state index in [1.807, 2.05) is 13.8 Å². The van der Waals surface area contributed by atoms with E-state index in [1.165, 1.54) is 0 Å². The predicted octanol–water partition coefficient (Wildman–Crippen LogP) is 0.641.